The van der Waals surface area contributed by atoms with E-state index in [0.29, 0.717) is 24.3 Å². The lowest BCUT2D eigenvalue weighted by Crippen LogP contribution is -2.21. The minimum atomic E-state index is -0.445. The van der Waals surface area contributed by atoms with Gasteiger partial charge in [-0.05, 0) is 32.6 Å². The molecular weight excluding hydrogens is 218 g/mol. The van der Waals surface area contributed by atoms with Gasteiger partial charge in [0.1, 0.15) is 11.3 Å². The number of aliphatic hydroxyl groups excluding tert-OH is 1. The minimum Gasteiger partial charge on any atom is -0.511 e. The van der Waals surface area contributed by atoms with Gasteiger partial charge in [-0.25, -0.2) is 4.79 Å². The first kappa shape index (κ1) is 13.7. The number of carbonyl (C=O) groups excluding carboxylic acids is 1. The van der Waals surface area contributed by atoms with E-state index in [1.807, 2.05) is 6.92 Å². The Kier molecular flexibility index (Phi) is 5.73. The zero-order chi connectivity index (χ0) is 12.7. The highest BCUT2D eigenvalue weighted by Gasteiger charge is 2.23. The Labute approximate surface area is 102 Å². The van der Waals surface area contributed by atoms with Gasteiger partial charge in [-0.3, -0.25) is 4.99 Å². The molecule has 0 unspecified atom stereocenters. The van der Waals surface area contributed by atoms with E-state index in [1.165, 1.54) is 0 Å². The van der Waals surface area contributed by atoms with Gasteiger partial charge < -0.3 is 9.84 Å². The Bertz CT molecular complexity index is 332. The molecule has 0 aromatic carbocycles. The van der Waals surface area contributed by atoms with E-state index in [0.717, 1.165) is 32.2 Å². The van der Waals surface area contributed by atoms with Crippen molar-refractivity contribution in [3.05, 3.63) is 11.3 Å². The second-order valence-electron chi connectivity index (χ2n) is 4.08. The van der Waals surface area contributed by atoms with Gasteiger partial charge in [0, 0.05) is 13.0 Å². The molecule has 0 radical (unpaired) electrons. The highest BCUT2D eigenvalue weighted by Crippen LogP contribution is 2.18. The van der Waals surface area contributed by atoms with Crippen molar-refractivity contribution in [2.75, 3.05) is 13.2 Å². The number of esters is 1. The smallest absolute Gasteiger partial charge is 0.343 e. The molecule has 4 nitrogen and oxygen atoms in total. The number of aliphatic hydroxyl groups is 1. The van der Waals surface area contributed by atoms with Crippen molar-refractivity contribution in [2.45, 2.75) is 46.0 Å². The molecule has 1 aliphatic heterocycles. The molecule has 1 N–H and O–H groups in total. The maximum Gasteiger partial charge on any atom is 0.343 e. The lowest BCUT2D eigenvalue weighted by Gasteiger charge is -2.15. The molecule has 0 spiro atoms. The number of ether oxygens (including phenoxy) is 1. The lowest BCUT2D eigenvalue weighted by molar-refractivity contribution is -0.138. The Hall–Kier alpha value is -1.32. The van der Waals surface area contributed by atoms with Crippen LogP contribution in [0, 0.1) is 0 Å². The predicted octanol–water partition coefficient (Wildman–Crippen LogP) is 2.79. The number of nitrogens with zero attached hydrogens (tertiary/aromatic N) is 1. The highest BCUT2D eigenvalue weighted by atomic mass is 16.5. The van der Waals surface area contributed by atoms with Crippen molar-refractivity contribution in [1.82, 2.24) is 0 Å². The van der Waals surface area contributed by atoms with Crippen molar-refractivity contribution < 1.29 is 14.6 Å². The quantitative estimate of drug-likeness (QED) is 0.456. The standard InChI is InChI=1S/C13H21NO3/c1-3-7-11(15)12(13(16)17-4-2)10-8-5-6-9-14-10/h15H,3-9H2,1-2H3/b12-11+. The molecular formula is C13H21NO3. The first-order valence-corrected chi connectivity index (χ1v) is 6.33. The van der Waals surface area contributed by atoms with E-state index in [4.69, 9.17) is 4.74 Å². The summed E-state index contributed by atoms with van der Waals surface area (Å²) in [6.07, 6.45) is 4.10. The van der Waals surface area contributed by atoms with Crippen molar-refractivity contribution in [1.29, 1.82) is 0 Å². The van der Waals surface area contributed by atoms with Crippen molar-refractivity contribution in [3.63, 3.8) is 0 Å². The maximum atomic E-state index is 11.8. The Morgan fingerprint density at radius 1 is 1.41 bits per heavy atom. The van der Waals surface area contributed by atoms with E-state index in [1.54, 1.807) is 6.92 Å². The van der Waals surface area contributed by atoms with Gasteiger partial charge >= 0.3 is 5.97 Å². The van der Waals surface area contributed by atoms with Gasteiger partial charge in [0.25, 0.3) is 0 Å². The van der Waals surface area contributed by atoms with Crippen LogP contribution in [0.2, 0.25) is 0 Å². The Balaban J connectivity index is 2.96. The normalized spacial score (nSPS) is 17.2. The fourth-order valence-corrected chi connectivity index (χ4v) is 1.87. The van der Waals surface area contributed by atoms with Crippen LogP contribution < -0.4 is 0 Å². The summed E-state index contributed by atoms with van der Waals surface area (Å²) in [7, 11) is 0. The van der Waals surface area contributed by atoms with E-state index in [9.17, 15) is 9.90 Å². The topological polar surface area (TPSA) is 58.9 Å². The third-order valence-corrected chi connectivity index (χ3v) is 2.67. The first-order chi connectivity index (χ1) is 8.20. The van der Waals surface area contributed by atoms with Crippen LogP contribution >= 0.6 is 0 Å². The number of aliphatic imine (C=N–C) groups is 1. The van der Waals surface area contributed by atoms with Crippen LogP contribution in [-0.2, 0) is 9.53 Å². The van der Waals surface area contributed by atoms with Crippen molar-refractivity contribution in [2.24, 2.45) is 4.99 Å². The van der Waals surface area contributed by atoms with Gasteiger partial charge in [0.2, 0.25) is 0 Å². The van der Waals surface area contributed by atoms with E-state index < -0.39 is 5.97 Å². The third kappa shape index (κ3) is 3.88. The molecule has 0 atom stereocenters. The Morgan fingerprint density at radius 3 is 2.71 bits per heavy atom. The average molecular weight is 239 g/mol. The number of rotatable bonds is 5. The second-order valence-corrected chi connectivity index (χ2v) is 4.08. The van der Waals surface area contributed by atoms with Gasteiger partial charge in [0.05, 0.1) is 12.3 Å². The molecule has 1 rings (SSSR count). The molecule has 0 bridgehead atoms. The molecule has 0 aromatic rings. The first-order valence-electron chi connectivity index (χ1n) is 6.33. The van der Waals surface area contributed by atoms with Gasteiger partial charge in [-0.2, -0.15) is 0 Å². The SMILES string of the molecule is CCC/C(O)=C(\C(=O)OCC)C1=NCCCC1. The zero-order valence-corrected chi connectivity index (χ0v) is 10.7. The van der Waals surface area contributed by atoms with Crippen LogP contribution in [0.15, 0.2) is 16.3 Å². The van der Waals surface area contributed by atoms with Crippen LogP contribution in [0.3, 0.4) is 0 Å². The fourth-order valence-electron chi connectivity index (χ4n) is 1.87. The van der Waals surface area contributed by atoms with Gasteiger partial charge in [0.15, 0.2) is 0 Å². The molecule has 0 saturated carbocycles. The van der Waals surface area contributed by atoms with Gasteiger partial charge in [-0.1, -0.05) is 6.92 Å². The van der Waals surface area contributed by atoms with Crippen LogP contribution in [-0.4, -0.2) is 29.9 Å². The average Bonchev–Trinajstić information content (AvgIpc) is 2.31. The summed E-state index contributed by atoms with van der Waals surface area (Å²) in [5.74, 6) is -0.328. The summed E-state index contributed by atoms with van der Waals surface area (Å²) in [5.41, 5.74) is 1.01. The molecule has 0 fully saturated rings. The van der Waals surface area contributed by atoms with Crippen LogP contribution in [0.5, 0.6) is 0 Å². The minimum absolute atomic E-state index is 0.117. The Morgan fingerprint density at radius 2 is 2.18 bits per heavy atom. The fraction of sp³-hybridized carbons (Fsp3) is 0.692. The summed E-state index contributed by atoms with van der Waals surface area (Å²) < 4.78 is 4.99. The largest absolute Gasteiger partial charge is 0.511 e. The molecule has 1 aliphatic rings. The molecule has 4 heteroatoms. The third-order valence-electron chi connectivity index (χ3n) is 2.67. The van der Waals surface area contributed by atoms with E-state index in [2.05, 4.69) is 4.99 Å². The highest BCUT2D eigenvalue weighted by molar-refractivity contribution is 6.20. The monoisotopic (exact) mass is 239 g/mol. The van der Waals surface area contributed by atoms with E-state index in [-0.39, 0.29) is 5.76 Å². The molecule has 96 valence electrons. The molecule has 0 aromatic heterocycles. The van der Waals surface area contributed by atoms with Crippen LogP contribution in [0.1, 0.15) is 46.0 Å². The van der Waals surface area contributed by atoms with Crippen LogP contribution in [0.25, 0.3) is 0 Å². The summed E-state index contributed by atoms with van der Waals surface area (Å²) in [5, 5.41) is 9.96. The van der Waals surface area contributed by atoms with Gasteiger partial charge in [-0.15, -0.1) is 0 Å². The second kappa shape index (κ2) is 7.09. The molecule has 1 heterocycles. The van der Waals surface area contributed by atoms with E-state index >= 15 is 0 Å². The van der Waals surface area contributed by atoms with Crippen molar-refractivity contribution >= 4 is 11.7 Å². The number of allylic oxidation sites excluding steroid dienone is 1. The van der Waals surface area contributed by atoms with Crippen LogP contribution in [0.4, 0.5) is 0 Å². The molecule has 0 saturated heterocycles. The predicted molar refractivity (Wildman–Crippen MR) is 67.3 cm³/mol. The van der Waals surface area contributed by atoms with Crippen molar-refractivity contribution in [3.8, 4) is 0 Å². The summed E-state index contributed by atoms with van der Waals surface area (Å²) >= 11 is 0. The number of hydrogen-bond donors (Lipinski definition) is 1. The summed E-state index contributed by atoms with van der Waals surface area (Å²) in [6, 6.07) is 0. The molecule has 17 heavy (non-hydrogen) atoms. The summed E-state index contributed by atoms with van der Waals surface area (Å²) in [6.45, 7) is 4.77. The summed E-state index contributed by atoms with van der Waals surface area (Å²) in [4.78, 5) is 16.2. The molecule has 0 aliphatic carbocycles. The molecule has 0 amide bonds. The lowest BCUT2D eigenvalue weighted by atomic mass is 9.99. The maximum absolute atomic E-state index is 11.8. The number of hydrogen-bond acceptors (Lipinski definition) is 4. The zero-order valence-electron chi connectivity index (χ0n) is 10.7. The number of carbonyl (C=O) groups is 1.